The predicted molar refractivity (Wildman–Crippen MR) is 161 cm³/mol. The summed E-state index contributed by atoms with van der Waals surface area (Å²) in [4.78, 5) is 5.22. The van der Waals surface area contributed by atoms with Crippen molar-refractivity contribution in [3.8, 4) is 11.5 Å². The van der Waals surface area contributed by atoms with Gasteiger partial charge in [-0.3, -0.25) is 4.90 Å². The second kappa shape index (κ2) is 12.9. The number of nitrogens with zero attached hydrogens (tertiary/aromatic N) is 4. The van der Waals surface area contributed by atoms with E-state index in [1.807, 2.05) is 24.3 Å². The van der Waals surface area contributed by atoms with Gasteiger partial charge in [-0.15, -0.1) is 0 Å². The van der Waals surface area contributed by atoms with Crippen LogP contribution in [0.15, 0.2) is 64.2 Å². The van der Waals surface area contributed by atoms with E-state index in [0.29, 0.717) is 23.6 Å². The number of sulfonamides is 1. The minimum absolute atomic E-state index is 0.0659. The average Bonchev–Trinajstić information content (AvgIpc) is 3.49. The highest BCUT2D eigenvalue weighted by molar-refractivity contribution is 9.10. The first kappa shape index (κ1) is 30.1. The normalized spacial score (nSPS) is 13.5. The molecule has 0 unspecified atom stereocenters. The van der Waals surface area contributed by atoms with Crippen LogP contribution in [-0.2, 0) is 29.7 Å². The predicted octanol–water partition coefficient (Wildman–Crippen LogP) is 5.81. The van der Waals surface area contributed by atoms with Gasteiger partial charge in [0.1, 0.15) is 23.6 Å². The molecule has 0 amide bonds. The molecule has 0 aliphatic carbocycles. The quantitative estimate of drug-likeness (QED) is 0.188. The van der Waals surface area contributed by atoms with E-state index >= 15 is 8.78 Å². The van der Waals surface area contributed by atoms with Gasteiger partial charge in [0.2, 0.25) is 5.13 Å². The summed E-state index contributed by atoms with van der Waals surface area (Å²) in [5, 5.41) is 2.99. The zero-order valence-electron chi connectivity index (χ0n) is 22.8. The van der Waals surface area contributed by atoms with Gasteiger partial charge in [-0.2, -0.15) is 4.37 Å². The summed E-state index contributed by atoms with van der Waals surface area (Å²) in [6.07, 6.45) is 2.34. The zero-order chi connectivity index (χ0) is 29.9. The van der Waals surface area contributed by atoms with Gasteiger partial charge < -0.3 is 14.8 Å². The number of aromatic nitrogens is 2. The molecule has 1 N–H and O–H groups in total. The molecule has 2 heterocycles. The highest BCUT2D eigenvalue weighted by atomic mass is 79.9. The fourth-order valence-corrected chi connectivity index (χ4v) is 7.41. The summed E-state index contributed by atoms with van der Waals surface area (Å²) in [6.45, 7) is 2.84. The lowest BCUT2D eigenvalue weighted by Crippen LogP contribution is -2.36. The average molecular weight is 681 g/mol. The smallest absolute Gasteiger partial charge is 0.272 e. The summed E-state index contributed by atoms with van der Waals surface area (Å²) in [7, 11) is -1.90. The summed E-state index contributed by atoms with van der Waals surface area (Å²) in [6, 6.07) is 13.6. The Morgan fingerprint density at radius 2 is 1.83 bits per heavy atom. The van der Waals surface area contributed by atoms with Crippen molar-refractivity contribution in [2.45, 2.75) is 31.0 Å². The largest absolute Gasteiger partial charge is 0.497 e. The van der Waals surface area contributed by atoms with Crippen LogP contribution < -0.4 is 19.1 Å². The van der Waals surface area contributed by atoms with E-state index in [0.717, 1.165) is 52.7 Å². The third-order valence-electron chi connectivity index (χ3n) is 6.97. The van der Waals surface area contributed by atoms with Crippen LogP contribution in [0.4, 0.5) is 19.6 Å². The molecule has 0 radical (unpaired) electrons. The third-order valence-corrected chi connectivity index (χ3v) is 10.3. The van der Waals surface area contributed by atoms with Crippen LogP contribution in [-0.4, -0.2) is 50.0 Å². The molecule has 0 spiro atoms. The van der Waals surface area contributed by atoms with Gasteiger partial charge in [0.05, 0.1) is 30.9 Å². The maximum Gasteiger partial charge on any atom is 0.272 e. The van der Waals surface area contributed by atoms with Crippen molar-refractivity contribution in [3.05, 3.63) is 87.7 Å². The molecular weight excluding hydrogens is 652 g/mol. The second-order valence-electron chi connectivity index (χ2n) is 9.53. The monoisotopic (exact) mass is 679 g/mol. The first-order chi connectivity index (χ1) is 20.2. The molecule has 1 saturated heterocycles. The van der Waals surface area contributed by atoms with Crippen molar-refractivity contribution in [1.82, 2.24) is 14.3 Å². The van der Waals surface area contributed by atoms with Crippen LogP contribution in [0.2, 0.25) is 0 Å². The van der Waals surface area contributed by atoms with Crippen LogP contribution in [0.25, 0.3) is 0 Å². The number of hydrogen-bond donors (Lipinski definition) is 1. The molecule has 4 aromatic rings. The van der Waals surface area contributed by atoms with Crippen molar-refractivity contribution >= 4 is 48.3 Å². The molecular formula is C28H28BrF2N5O4S2. The number of anilines is 2. The first-order valence-corrected chi connectivity index (χ1v) is 15.9. The minimum Gasteiger partial charge on any atom is -0.497 e. The number of likely N-dealkylation sites (tertiary alicyclic amines) is 1. The zero-order valence-corrected chi connectivity index (χ0v) is 26.0. The molecule has 5 rings (SSSR count). The highest BCUT2D eigenvalue weighted by Gasteiger charge is 2.35. The number of nitrogens with one attached hydrogen (secondary N) is 1. The van der Waals surface area contributed by atoms with Gasteiger partial charge in [0.15, 0.2) is 10.7 Å². The van der Waals surface area contributed by atoms with E-state index < -0.39 is 26.6 Å². The highest BCUT2D eigenvalue weighted by Crippen LogP contribution is 2.37. The number of methoxy groups -OCH3 is 2. The van der Waals surface area contributed by atoms with Crippen molar-refractivity contribution in [3.63, 3.8) is 0 Å². The van der Waals surface area contributed by atoms with Gasteiger partial charge >= 0.3 is 0 Å². The third kappa shape index (κ3) is 6.21. The SMILES string of the molecule is COc1ccc(CN(c2ncns2)S(=O)(=O)c2c(F)cc(NCc3ccccc3CN3CCC3)c(Br)c2F)c(OC)c1. The van der Waals surface area contributed by atoms with E-state index in [1.54, 1.807) is 18.2 Å². The van der Waals surface area contributed by atoms with Crippen LogP contribution in [0.1, 0.15) is 23.1 Å². The Balaban J connectivity index is 1.46. The molecule has 1 aliphatic heterocycles. The van der Waals surface area contributed by atoms with Gasteiger partial charge in [0, 0.05) is 36.3 Å². The first-order valence-electron chi connectivity index (χ1n) is 12.9. The minimum atomic E-state index is -4.81. The van der Waals surface area contributed by atoms with Gasteiger partial charge in [-0.1, -0.05) is 24.3 Å². The topological polar surface area (TPSA) is 96.9 Å². The molecule has 9 nitrogen and oxygen atoms in total. The Morgan fingerprint density at radius 3 is 2.48 bits per heavy atom. The Morgan fingerprint density at radius 1 is 1.07 bits per heavy atom. The molecule has 1 aliphatic rings. The summed E-state index contributed by atoms with van der Waals surface area (Å²) in [5.74, 6) is -1.69. The maximum absolute atomic E-state index is 15.8. The van der Waals surface area contributed by atoms with Crippen LogP contribution in [0.5, 0.6) is 11.5 Å². The van der Waals surface area contributed by atoms with Crippen molar-refractivity contribution in [2.24, 2.45) is 0 Å². The van der Waals surface area contributed by atoms with Gasteiger partial charge in [0.25, 0.3) is 10.0 Å². The molecule has 0 atom stereocenters. The van der Waals surface area contributed by atoms with E-state index in [9.17, 15) is 8.42 Å². The molecule has 42 heavy (non-hydrogen) atoms. The van der Waals surface area contributed by atoms with E-state index in [-0.39, 0.29) is 21.8 Å². The Kier molecular flexibility index (Phi) is 9.25. The molecule has 14 heteroatoms. The molecule has 0 saturated carbocycles. The number of hydrogen-bond acceptors (Lipinski definition) is 9. The standard InChI is InChI=1S/C28H28BrF2N5O4S2/c1-39-21-9-8-20(24(12-21)40-2)16-36(28-33-17-34-41-28)42(37,38)27-22(30)13-23(25(29)26(27)31)32-14-18-6-3-4-7-19(18)15-35-10-5-11-35/h3-4,6-9,12-13,17,32H,5,10-11,14-16H2,1-2H3. The van der Waals surface area contributed by atoms with Crippen molar-refractivity contribution in [2.75, 3.05) is 36.9 Å². The van der Waals surface area contributed by atoms with E-state index in [2.05, 4.69) is 35.5 Å². The lowest BCUT2D eigenvalue weighted by atomic mass is 10.1. The molecule has 1 aromatic heterocycles. The van der Waals surface area contributed by atoms with Crippen LogP contribution >= 0.6 is 27.5 Å². The molecule has 1 fully saturated rings. The lowest BCUT2D eigenvalue weighted by Gasteiger charge is -2.31. The van der Waals surface area contributed by atoms with Gasteiger partial charge in [-0.05, 0) is 64.8 Å². The van der Waals surface area contributed by atoms with E-state index in [1.165, 1.54) is 27.0 Å². The fourth-order valence-electron chi connectivity index (χ4n) is 4.58. The molecule has 222 valence electrons. The van der Waals surface area contributed by atoms with Crippen LogP contribution in [0.3, 0.4) is 0 Å². The summed E-state index contributed by atoms with van der Waals surface area (Å²) < 4.78 is 74.3. The number of rotatable bonds is 12. The Hall–Kier alpha value is -3.33. The van der Waals surface area contributed by atoms with Crippen molar-refractivity contribution in [1.29, 1.82) is 0 Å². The lowest BCUT2D eigenvalue weighted by molar-refractivity contribution is 0.172. The fraction of sp³-hybridized carbons (Fsp3) is 0.286. The molecule has 3 aromatic carbocycles. The number of ether oxygens (including phenoxy) is 2. The Labute approximate surface area is 255 Å². The summed E-state index contributed by atoms with van der Waals surface area (Å²) >= 11 is 3.94. The maximum atomic E-state index is 15.8. The number of halogens is 3. The number of benzene rings is 3. The van der Waals surface area contributed by atoms with Gasteiger partial charge in [-0.25, -0.2) is 26.5 Å². The van der Waals surface area contributed by atoms with Crippen LogP contribution in [0, 0.1) is 11.6 Å². The second-order valence-corrected chi connectivity index (χ2v) is 12.9. The summed E-state index contributed by atoms with van der Waals surface area (Å²) in [5.41, 5.74) is 2.60. The Bertz CT molecular complexity index is 1670. The van der Waals surface area contributed by atoms with E-state index in [4.69, 9.17) is 9.47 Å². The molecule has 0 bridgehead atoms. The van der Waals surface area contributed by atoms with Crippen molar-refractivity contribution < 1.29 is 26.7 Å².